The first-order valence-electron chi connectivity index (χ1n) is 7.68. The molecule has 0 bridgehead atoms. The lowest BCUT2D eigenvalue weighted by atomic mass is 10.0. The molecule has 0 saturated carbocycles. The third-order valence-electron chi connectivity index (χ3n) is 3.55. The molecule has 6 nitrogen and oxygen atoms in total. The van der Waals surface area contributed by atoms with Crippen molar-refractivity contribution in [1.82, 2.24) is 5.32 Å². The highest BCUT2D eigenvalue weighted by atomic mass is 32.1. The third-order valence-corrected chi connectivity index (χ3v) is 3.78. The lowest BCUT2D eigenvalue weighted by molar-refractivity contribution is 0.0184. The number of aliphatic hydroxyl groups excluding tert-OH is 2. The number of hydrogen-bond acceptors (Lipinski definition) is 5. The van der Waals surface area contributed by atoms with Crippen molar-refractivity contribution in [1.29, 1.82) is 0 Å². The standard InChI is InChI=1S/C18H20N2O4S/c19-17(25)14-8-4-7-13(9-14)16(22)15(21)10-20-18(23)24-11-12-5-2-1-3-6-12/h1-9,15-16,21-22H,10-11H2,(H2,19,25)(H,20,23). The van der Waals surface area contributed by atoms with Crippen LogP contribution in [-0.4, -0.2) is 33.9 Å². The summed E-state index contributed by atoms with van der Waals surface area (Å²) in [6.45, 7) is -0.0343. The van der Waals surface area contributed by atoms with Gasteiger partial charge in [0.05, 0.1) is 0 Å². The molecular weight excluding hydrogens is 340 g/mol. The minimum absolute atomic E-state index is 0.126. The van der Waals surface area contributed by atoms with Gasteiger partial charge >= 0.3 is 6.09 Å². The number of alkyl carbamates (subject to hydrolysis) is 1. The van der Waals surface area contributed by atoms with Crippen molar-refractivity contribution in [3.8, 4) is 0 Å². The van der Waals surface area contributed by atoms with Gasteiger partial charge in [0.25, 0.3) is 0 Å². The Kier molecular flexibility index (Phi) is 6.88. The van der Waals surface area contributed by atoms with E-state index < -0.39 is 18.3 Å². The molecule has 132 valence electrons. The van der Waals surface area contributed by atoms with Crippen molar-refractivity contribution >= 4 is 23.3 Å². The minimum Gasteiger partial charge on any atom is -0.445 e. The van der Waals surface area contributed by atoms with Gasteiger partial charge in [-0.1, -0.05) is 60.7 Å². The topological polar surface area (TPSA) is 105 Å². The number of ether oxygens (including phenoxy) is 1. The van der Waals surface area contributed by atoms with E-state index in [1.807, 2.05) is 30.3 Å². The van der Waals surface area contributed by atoms with E-state index in [4.69, 9.17) is 22.7 Å². The number of carbonyl (C=O) groups excluding carboxylic acids is 1. The van der Waals surface area contributed by atoms with Gasteiger partial charge in [-0.25, -0.2) is 4.79 Å². The predicted molar refractivity (Wildman–Crippen MR) is 97.9 cm³/mol. The molecular formula is C18H20N2O4S. The summed E-state index contributed by atoms with van der Waals surface area (Å²) in [5, 5.41) is 22.7. The number of rotatable bonds is 7. The largest absolute Gasteiger partial charge is 0.445 e. The molecule has 0 aliphatic heterocycles. The van der Waals surface area contributed by atoms with Crippen molar-refractivity contribution in [3.63, 3.8) is 0 Å². The van der Waals surface area contributed by atoms with Crippen molar-refractivity contribution < 1.29 is 19.7 Å². The molecule has 25 heavy (non-hydrogen) atoms. The van der Waals surface area contributed by atoms with Gasteiger partial charge in [-0.3, -0.25) is 0 Å². The van der Waals surface area contributed by atoms with E-state index in [-0.39, 0.29) is 18.1 Å². The quantitative estimate of drug-likeness (QED) is 0.560. The molecule has 0 heterocycles. The molecule has 0 aliphatic carbocycles. The second-order valence-electron chi connectivity index (χ2n) is 5.44. The Morgan fingerprint density at radius 3 is 2.56 bits per heavy atom. The van der Waals surface area contributed by atoms with Crippen LogP contribution in [0.1, 0.15) is 22.8 Å². The Balaban J connectivity index is 1.82. The lowest BCUT2D eigenvalue weighted by Gasteiger charge is -2.19. The summed E-state index contributed by atoms with van der Waals surface area (Å²) in [5.74, 6) is 0. The summed E-state index contributed by atoms with van der Waals surface area (Å²) in [5.41, 5.74) is 7.45. The first-order chi connectivity index (χ1) is 12.0. The van der Waals surface area contributed by atoms with E-state index in [1.54, 1.807) is 24.3 Å². The Bertz CT molecular complexity index is 724. The number of nitrogens with one attached hydrogen (secondary N) is 1. The number of thiocarbonyl (C=S) groups is 1. The van der Waals surface area contributed by atoms with Crippen molar-refractivity contribution in [3.05, 3.63) is 71.3 Å². The molecule has 2 aromatic rings. The van der Waals surface area contributed by atoms with Crippen LogP contribution in [0.4, 0.5) is 4.79 Å². The highest BCUT2D eigenvalue weighted by Gasteiger charge is 2.20. The van der Waals surface area contributed by atoms with Crippen LogP contribution in [0.15, 0.2) is 54.6 Å². The van der Waals surface area contributed by atoms with Gasteiger partial charge < -0.3 is 26.0 Å². The van der Waals surface area contributed by atoms with Gasteiger partial charge in [-0.05, 0) is 17.2 Å². The second kappa shape index (κ2) is 9.12. The maximum Gasteiger partial charge on any atom is 0.407 e. The van der Waals surface area contributed by atoms with E-state index >= 15 is 0 Å². The Labute approximate surface area is 151 Å². The highest BCUT2D eigenvalue weighted by Crippen LogP contribution is 2.18. The van der Waals surface area contributed by atoms with Gasteiger partial charge in [-0.2, -0.15) is 0 Å². The third kappa shape index (κ3) is 5.82. The van der Waals surface area contributed by atoms with Gasteiger partial charge in [0, 0.05) is 12.1 Å². The zero-order chi connectivity index (χ0) is 18.2. The Hall–Kier alpha value is -2.48. The number of benzene rings is 2. The fourth-order valence-electron chi connectivity index (χ4n) is 2.17. The van der Waals surface area contributed by atoms with Gasteiger partial charge in [-0.15, -0.1) is 0 Å². The Morgan fingerprint density at radius 2 is 1.88 bits per heavy atom. The number of amides is 1. The van der Waals surface area contributed by atoms with Crippen LogP contribution in [0.5, 0.6) is 0 Å². The summed E-state index contributed by atoms with van der Waals surface area (Å²) in [7, 11) is 0. The number of aliphatic hydroxyl groups is 2. The van der Waals surface area contributed by atoms with Crippen LogP contribution in [-0.2, 0) is 11.3 Å². The fourth-order valence-corrected chi connectivity index (χ4v) is 2.30. The molecule has 1 amide bonds. The maximum atomic E-state index is 11.7. The van der Waals surface area contributed by atoms with Crippen LogP contribution < -0.4 is 11.1 Å². The van der Waals surface area contributed by atoms with Crippen molar-refractivity contribution in [2.24, 2.45) is 5.73 Å². The van der Waals surface area contributed by atoms with Crippen molar-refractivity contribution in [2.75, 3.05) is 6.54 Å². The summed E-state index contributed by atoms with van der Waals surface area (Å²) in [6, 6.07) is 15.9. The summed E-state index contributed by atoms with van der Waals surface area (Å²) in [6.07, 6.45) is -3.07. The number of nitrogens with two attached hydrogens (primary N) is 1. The fraction of sp³-hybridized carbons (Fsp3) is 0.222. The molecule has 7 heteroatoms. The zero-order valence-corrected chi connectivity index (χ0v) is 14.3. The average molecular weight is 360 g/mol. The van der Waals surface area contributed by atoms with Gasteiger partial charge in [0.2, 0.25) is 0 Å². The Morgan fingerprint density at radius 1 is 1.16 bits per heavy atom. The van der Waals surface area contributed by atoms with E-state index in [0.717, 1.165) is 5.56 Å². The first kappa shape index (κ1) is 18.9. The number of carbonyl (C=O) groups is 1. The van der Waals surface area contributed by atoms with Crippen LogP contribution in [0.25, 0.3) is 0 Å². The van der Waals surface area contributed by atoms with Gasteiger partial charge in [0.15, 0.2) is 0 Å². The first-order valence-corrected chi connectivity index (χ1v) is 8.08. The van der Waals surface area contributed by atoms with Gasteiger partial charge in [0.1, 0.15) is 23.8 Å². The smallest absolute Gasteiger partial charge is 0.407 e. The molecule has 0 fully saturated rings. The summed E-state index contributed by atoms with van der Waals surface area (Å²) in [4.78, 5) is 11.9. The molecule has 0 aromatic heterocycles. The van der Waals surface area contributed by atoms with Crippen LogP contribution >= 0.6 is 12.2 Å². The molecule has 2 unspecified atom stereocenters. The monoisotopic (exact) mass is 360 g/mol. The van der Waals surface area contributed by atoms with Crippen LogP contribution in [0, 0.1) is 0 Å². The van der Waals surface area contributed by atoms with E-state index in [2.05, 4.69) is 5.32 Å². The van der Waals surface area contributed by atoms with E-state index in [1.165, 1.54) is 0 Å². The zero-order valence-electron chi connectivity index (χ0n) is 13.5. The molecule has 0 radical (unpaired) electrons. The molecule has 0 saturated heterocycles. The normalized spacial score (nSPS) is 12.9. The lowest BCUT2D eigenvalue weighted by Crippen LogP contribution is -2.35. The maximum absolute atomic E-state index is 11.7. The minimum atomic E-state index is -1.20. The van der Waals surface area contributed by atoms with E-state index in [0.29, 0.717) is 11.1 Å². The summed E-state index contributed by atoms with van der Waals surface area (Å²) >= 11 is 4.89. The molecule has 2 rings (SSSR count). The number of hydrogen-bond donors (Lipinski definition) is 4. The average Bonchev–Trinajstić information content (AvgIpc) is 2.64. The van der Waals surface area contributed by atoms with Crippen LogP contribution in [0.3, 0.4) is 0 Å². The molecule has 2 aromatic carbocycles. The summed E-state index contributed by atoms with van der Waals surface area (Å²) < 4.78 is 5.04. The van der Waals surface area contributed by atoms with E-state index in [9.17, 15) is 15.0 Å². The predicted octanol–water partition coefficient (Wildman–Crippen LogP) is 1.64. The molecule has 5 N–H and O–H groups in total. The molecule has 0 spiro atoms. The van der Waals surface area contributed by atoms with Crippen LogP contribution in [0.2, 0.25) is 0 Å². The second-order valence-corrected chi connectivity index (χ2v) is 5.88. The molecule has 2 atom stereocenters. The van der Waals surface area contributed by atoms with Crippen molar-refractivity contribution in [2.45, 2.75) is 18.8 Å². The highest BCUT2D eigenvalue weighted by molar-refractivity contribution is 7.80. The molecule has 0 aliphatic rings. The SMILES string of the molecule is NC(=S)c1cccc(C(O)C(O)CNC(=O)OCc2ccccc2)c1.